The molecule has 2 rings (SSSR count). The molecule has 0 atom stereocenters. The summed E-state index contributed by atoms with van der Waals surface area (Å²) in [5.74, 6) is -1.39. The maximum Gasteiger partial charge on any atom is 0.244 e. The molecule has 2 aromatic rings. The number of amides is 2. The molecule has 2 N–H and O–H groups in total. The minimum absolute atomic E-state index is 0.0735. The van der Waals surface area contributed by atoms with Crippen molar-refractivity contribution in [1.29, 1.82) is 0 Å². The zero-order chi connectivity index (χ0) is 19.5. The smallest absolute Gasteiger partial charge is 0.244 e. The Hall–Kier alpha value is -3.19. The summed E-state index contributed by atoms with van der Waals surface area (Å²) in [5, 5.41) is 4.97. The lowest BCUT2D eigenvalue weighted by atomic mass is 10.2. The molecule has 0 aromatic heterocycles. The van der Waals surface area contributed by atoms with Gasteiger partial charge in [0.25, 0.3) is 0 Å². The van der Waals surface area contributed by atoms with Gasteiger partial charge in [-0.2, -0.15) is 0 Å². The first-order valence-electron chi connectivity index (χ1n) is 8.30. The van der Waals surface area contributed by atoms with Gasteiger partial charge in [0.05, 0.1) is 13.2 Å². The highest BCUT2D eigenvalue weighted by Gasteiger charge is 2.08. The largest absolute Gasteiger partial charge is 0.488 e. The minimum Gasteiger partial charge on any atom is -0.488 e. The molecule has 0 aliphatic heterocycles. The van der Waals surface area contributed by atoms with Gasteiger partial charge < -0.3 is 20.1 Å². The van der Waals surface area contributed by atoms with Gasteiger partial charge in [-0.15, -0.1) is 0 Å². The molecule has 0 heterocycles. The number of carbonyl (C=O) groups is 2. The van der Waals surface area contributed by atoms with Gasteiger partial charge in [0.15, 0.2) is 11.6 Å². The van der Waals surface area contributed by atoms with Crippen LogP contribution in [0.1, 0.15) is 5.56 Å². The number of ether oxygens (including phenoxy) is 2. The van der Waals surface area contributed by atoms with Gasteiger partial charge in [0, 0.05) is 24.9 Å². The first kappa shape index (κ1) is 20.1. The molecule has 0 spiro atoms. The fraction of sp³-hybridized carbons (Fsp3) is 0.200. The Kier molecular flexibility index (Phi) is 7.99. The van der Waals surface area contributed by atoms with Crippen LogP contribution in [-0.2, 0) is 14.3 Å². The lowest BCUT2D eigenvalue weighted by Gasteiger charge is -2.09. The summed E-state index contributed by atoms with van der Waals surface area (Å²) >= 11 is 0. The Morgan fingerprint density at radius 2 is 1.89 bits per heavy atom. The third-order valence-electron chi connectivity index (χ3n) is 3.41. The van der Waals surface area contributed by atoms with Crippen LogP contribution in [0.2, 0.25) is 0 Å². The summed E-state index contributed by atoms with van der Waals surface area (Å²) in [4.78, 5) is 23.6. The maximum atomic E-state index is 13.9. The molecule has 0 saturated heterocycles. The summed E-state index contributed by atoms with van der Waals surface area (Å²) in [7, 11) is 1.52. The molecular formula is C20H21FN2O4. The van der Waals surface area contributed by atoms with E-state index < -0.39 is 17.6 Å². The maximum absolute atomic E-state index is 13.9. The molecule has 0 saturated carbocycles. The van der Waals surface area contributed by atoms with Crippen LogP contribution in [0, 0.1) is 5.82 Å². The molecular weight excluding hydrogens is 351 g/mol. The Balaban J connectivity index is 1.79. The number of hydrogen-bond donors (Lipinski definition) is 2. The number of halogens is 1. The first-order chi connectivity index (χ1) is 13.1. The van der Waals surface area contributed by atoms with Crippen LogP contribution in [0.3, 0.4) is 0 Å². The number of nitrogens with one attached hydrogen (secondary N) is 2. The molecule has 0 radical (unpaired) electrons. The average molecular weight is 372 g/mol. The van der Waals surface area contributed by atoms with Gasteiger partial charge in [-0.3, -0.25) is 9.59 Å². The number of hydrogen-bond acceptors (Lipinski definition) is 4. The third kappa shape index (κ3) is 7.29. The van der Waals surface area contributed by atoms with E-state index in [0.29, 0.717) is 6.61 Å². The van der Waals surface area contributed by atoms with Crippen molar-refractivity contribution >= 4 is 23.6 Å². The highest BCUT2D eigenvalue weighted by molar-refractivity contribution is 5.98. The summed E-state index contributed by atoms with van der Waals surface area (Å²) < 4.78 is 23.9. The minimum atomic E-state index is -0.598. The van der Waals surface area contributed by atoms with Crippen LogP contribution in [-0.4, -0.2) is 38.7 Å². The van der Waals surface area contributed by atoms with E-state index in [1.54, 1.807) is 6.08 Å². The first-order valence-corrected chi connectivity index (χ1v) is 8.30. The molecule has 2 amide bonds. The zero-order valence-electron chi connectivity index (χ0n) is 14.9. The summed E-state index contributed by atoms with van der Waals surface area (Å²) in [5.41, 5.74) is 1.14. The Morgan fingerprint density at radius 1 is 1.11 bits per heavy atom. The number of anilines is 1. The highest BCUT2D eigenvalue weighted by atomic mass is 19.1. The van der Waals surface area contributed by atoms with Crippen molar-refractivity contribution in [2.75, 3.05) is 32.2 Å². The number of benzene rings is 2. The summed E-state index contributed by atoms with van der Waals surface area (Å²) in [6.45, 7) is 0.337. The van der Waals surface area contributed by atoms with Gasteiger partial charge in [-0.1, -0.05) is 30.3 Å². The summed E-state index contributed by atoms with van der Waals surface area (Å²) in [6.07, 6.45) is 2.99. The van der Waals surface area contributed by atoms with Crippen molar-refractivity contribution < 1.29 is 23.5 Å². The van der Waals surface area contributed by atoms with E-state index in [0.717, 1.165) is 11.6 Å². The molecule has 7 heteroatoms. The second-order valence-electron chi connectivity index (χ2n) is 5.50. The van der Waals surface area contributed by atoms with Crippen LogP contribution in [0.5, 0.6) is 5.75 Å². The standard InChI is InChI=1S/C20H21FN2O4/c1-26-11-12-27-18-9-8-16(13-17(18)21)23-20(25)14-22-19(24)10-7-15-5-3-2-4-6-15/h2-10,13H,11-12,14H2,1H3,(H,22,24)(H,23,25)/b10-7+. The molecule has 142 valence electrons. The van der Waals surface area contributed by atoms with Crippen molar-refractivity contribution in [2.24, 2.45) is 0 Å². The van der Waals surface area contributed by atoms with E-state index in [-0.39, 0.29) is 24.6 Å². The fourth-order valence-electron chi connectivity index (χ4n) is 2.10. The quantitative estimate of drug-likeness (QED) is 0.524. The third-order valence-corrected chi connectivity index (χ3v) is 3.41. The second-order valence-corrected chi connectivity index (χ2v) is 5.50. The predicted molar refractivity (Wildman–Crippen MR) is 101 cm³/mol. The van der Waals surface area contributed by atoms with Crippen LogP contribution in [0.15, 0.2) is 54.6 Å². The van der Waals surface area contributed by atoms with Crippen molar-refractivity contribution in [2.45, 2.75) is 0 Å². The lowest BCUT2D eigenvalue weighted by Crippen LogP contribution is -2.31. The van der Waals surface area contributed by atoms with Gasteiger partial charge in [-0.25, -0.2) is 4.39 Å². The summed E-state index contributed by atoms with van der Waals surface area (Å²) in [6, 6.07) is 13.4. The van der Waals surface area contributed by atoms with Crippen molar-refractivity contribution in [3.8, 4) is 5.75 Å². The number of rotatable bonds is 9. The molecule has 6 nitrogen and oxygen atoms in total. The monoisotopic (exact) mass is 372 g/mol. The van der Waals surface area contributed by atoms with E-state index in [2.05, 4.69) is 10.6 Å². The van der Waals surface area contributed by atoms with Crippen LogP contribution in [0.25, 0.3) is 6.08 Å². The molecule has 0 bridgehead atoms. The van der Waals surface area contributed by atoms with E-state index in [4.69, 9.17) is 9.47 Å². The average Bonchev–Trinajstić information content (AvgIpc) is 2.67. The molecule has 0 aliphatic carbocycles. The molecule has 0 fully saturated rings. The van der Waals surface area contributed by atoms with E-state index in [9.17, 15) is 14.0 Å². The van der Waals surface area contributed by atoms with Crippen molar-refractivity contribution in [3.05, 3.63) is 66.0 Å². The fourth-order valence-corrected chi connectivity index (χ4v) is 2.10. The molecule has 27 heavy (non-hydrogen) atoms. The molecule has 0 unspecified atom stereocenters. The van der Waals surface area contributed by atoms with Gasteiger partial charge in [0.1, 0.15) is 6.61 Å². The Labute approximate surface area is 157 Å². The van der Waals surface area contributed by atoms with Crippen molar-refractivity contribution in [1.82, 2.24) is 5.32 Å². The molecule has 0 aliphatic rings. The van der Waals surface area contributed by atoms with Gasteiger partial charge in [-0.05, 0) is 23.8 Å². The van der Waals surface area contributed by atoms with Crippen LogP contribution in [0.4, 0.5) is 10.1 Å². The number of carbonyl (C=O) groups excluding carboxylic acids is 2. The van der Waals surface area contributed by atoms with E-state index >= 15 is 0 Å². The zero-order valence-corrected chi connectivity index (χ0v) is 14.9. The Morgan fingerprint density at radius 3 is 2.59 bits per heavy atom. The number of methoxy groups -OCH3 is 1. The van der Waals surface area contributed by atoms with Gasteiger partial charge >= 0.3 is 0 Å². The SMILES string of the molecule is COCCOc1ccc(NC(=O)CNC(=O)/C=C/c2ccccc2)cc1F. The van der Waals surface area contributed by atoms with Crippen LogP contribution < -0.4 is 15.4 Å². The highest BCUT2D eigenvalue weighted by Crippen LogP contribution is 2.21. The van der Waals surface area contributed by atoms with E-state index in [1.165, 1.54) is 25.3 Å². The molecule has 2 aromatic carbocycles. The van der Waals surface area contributed by atoms with Gasteiger partial charge in [0.2, 0.25) is 11.8 Å². The topological polar surface area (TPSA) is 76.7 Å². The lowest BCUT2D eigenvalue weighted by molar-refractivity contribution is -0.121. The Bertz CT molecular complexity index is 794. The van der Waals surface area contributed by atoms with Crippen molar-refractivity contribution in [3.63, 3.8) is 0 Å². The van der Waals surface area contributed by atoms with Crippen LogP contribution >= 0.6 is 0 Å². The second kappa shape index (κ2) is 10.7. The normalized spacial score (nSPS) is 10.6. The predicted octanol–water partition coefficient (Wildman–Crippen LogP) is 2.62. The van der Waals surface area contributed by atoms with E-state index in [1.807, 2.05) is 30.3 Å².